The first kappa shape index (κ1) is 13.0. The van der Waals surface area contributed by atoms with Gasteiger partial charge in [0.25, 0.3) is 0 Å². The second kappa shape index (κ2) is 4.76. The van der Waals surface area contributed by atoms with Crippen molar-refractivity contribution in [2.24, 2.45) is 0 Å². The fraction of sp³-hybridized carbons (Fsp3) is 0. The van der Waals surface area contributed by atoms with Gasteiger partial charge in [-0.2, -0.15) is 5.10 Å². The molecule has 5 nitrogen and oxygen atoms in total. The van der Waals surface area contributed by atoms with E-state index >= 15 is 0 Å². The van der Waals surface area contributed by atoms with Crippen molar-refractivity contribution in [3.8, 4) is 11.1 Å². The van der Waals surface area contributed by atoms with Crippen LogP contribution in [-0.2, 0) is 0 Å². The summed E-state index contributed by atoms with van der Waals surface area (Å²) in [5.74, 6) is 0. The number of benzene rings is 2. The van der Waals surface area contributed by atoms with Gasteiger partial charge in [-0.3, -0.25) is 4.98 Å². The van der Waals surface area contributed by atoms with Gasteiger partial charge >= 0.3 is 5.69 Å². The van der Waals surface area contributed by atoms with Crippen LogP contribution in [0.1, 0.15) is 0 Å². The molecule has 3 heterocycles. The standard InChI is InChI=1S/C19H12N4O/c24-19-22-21-18-16-9-13-5-2-1-4-12(13)8-15(16)17(11-23(18)19)14-6-3-7-20-10-14/h1-11H,(H,22,24). The predicted molar refractivity (Wildman–Crippen MR) is 94.1 cm³/mol. The maximum Gasteiger partial charge on any atom is 0.347 e. The van der Waals surface area contributed by atoms with Crippen LogP contribution in [0.5, 0.6) is 0 Å². The zero-order chi connectivity index (χ0) is 16.1. The SMILES string of the molecule is O=c1[nH]nc2c3cc4ccccc4cc3c(-c3cccnc3)cn12. The molecule has 0 saturated heterocycles. The van der Waals surface area contributed by atoms with Gasteiger partial charge in [-0.05, 0) is 34.4 Å². The summed E-state index contributed by atoms with van der Waals surface area (Å²) in [5.41, 5.74) is 2.31. The van der Waals surface area contributed by atoms with E-state index in [9.17, 15) is 4.79 Å². The zero-order valence-corrected chi connectivity index (χ0v) is 12.6. The van der Waals surface area contributed by atoms with Gasteiger partial charge in [-0.15, -0.1) is 0 Å². The molecule has 5 rings (SSSR count). The summed E-state index contributed by atoms with van der Waals surface area (Å²) in [6, 6.07) is 16.3. The van der Waals surface area contributed by atoms with Gasteiger partial charge < -0.3 is 0 Å². The Bertz CT molecular complexity index is 1270. The average molecular weight is 312 g/mol. The maximum atomic E-state index is 12.1. The minimum atomic E-state index is -0.245. The number of pyridine rings is 2. The third-order valence-corrected chi connectivity index (χ3v) is 4.35. The van der Waals surface area contributed by atoms with Gasteiger partial charge in [-0.25, -0.2) is 14.3 Å². The fourth-order valence-electron chi connectivity index (χ4n) is 3.21. The third kappa shape index (κ3) is 1.78. The summed E-state index contributed by atoms with van der Waals surface area (Å²) in [4.78, 5) is 16.3. The molecular formula is C19H12N4O. The molecule has 0 radical (unpaired) electrons. The topological polar surface area (TPSA) is 63.0 Å². The number of rotatable bonds is 1. The molecule has 0 aliphatic heterocycles. The minimum Gasteiger partial charge on any atom is -0.264 e. The Balaban J connectivity index is 2.04. The summed E-state index contributed by atoms with van der Waals surface area (Å²) >= 11 is 0. The average Bonchev–Trinajstić information content (AvgIpc) is 3.01. The Morgan fingerprint density at radius 3 is 2.50 bits per heavy atom. The minimum absolute atomic E-state index is 0.245. The van der Waals surface area contributed by atoms with Crippen molar-refractivity contribution < 1.29 is 0 Å². The molecule has 24 heavy (non-hydrogen) atoms. The smallest absolute Gasteiger partial charge is 0.264 e. The summed E-state index contributed by atoms with van der Waals surface area (Å²) in [6.45, 7) is 0. The highest BCUT2D eigenvalue weighted by molar-refractivity contribution is 6.09. The van der Waals surface area contributed by atoms with E-state index in [-0.39, 0.29) is 5.69 Å². The van der Waals surface area contributed by atoms with Crippen LogP contribution in [0.4, 0.5) is 0 Å². The van der Waals surface area contributed by atoms with Crippen LogP contribution in [0, 0.1) is 0 Å². The van der Waals surface area contributed by atoms with Crippen LogP contribution in [0.3, 0.4) is 0 Å². The first-order valence-corrected chi connectivity index (χ1v) is 7.64. The molecule has 0 unspecified atom stereocenters. The van der Waals surface area contributed by atoms with Crippen LogP contribution in [-0.4, -0.2) is 19.6 Å². The Morgan fingerprint density at radius 2 is 1.75 bits per heavy atom. The second-order valence-corrected chi connectivity index (χ2v) is 5.75. The van der Waals surface area contributed by atoms with Gasteiger partial charge in [0, 0.05) is 35.1 Å². The highest BCUT2D eigenvalue weighted by Gasteiger charge is 2.13. The highest BCUT2D eigenvalue weighted by Crippen LogP contribution is 2.32. The second-order valence-electron chi connectivity index (χ2n) is 5.75. The summed E-state index contributed by atoms with van der Waals surface area (Å²) < 4.78 is 1.55. The number of fused-ring (bicyclic) bond motifs is 4. The molecular weight excluding hydrogens is 300 g/mol. The Hall–Kier alpha value is -3.47. The normalized spacial score (nSPS) is 11.5. The Kier molecular flexibility index (Phi) is 2.58. The fourth-order valence-corrected chi connectivity index (χ4v) is 3.21. The number of hydrogen-bond acceptors (Lipinski definition) is 3. The lowest BCUT2D eigenvalue weighted by Gasteiger charge is -2.10. The number of aromatic amines is 1. The van der Waals surface area contributed by atoms with Crippen molar-refractivity contribution in [1.29, 1.82) is 0 Å². The molecule has 0 fully saturated rings. The van der Waals surface area contributed by atoms with Gasteiger partial charge in [0.05, 0.1) is 0 Å². The van der Waals surface area contributed by atoms with Crippen LogP contribution in [0.15, 0.2) is 71.9 Å². The van der Waals surface area contributed by atoms with Crippen molar-refractivity contribution in [1.82, 2.24) is 19.6 Å². The van der Waals surface area contributed by atoms with Crippen molar-refractivity contribution in [3.63, 3.8) is 0 Å². The van der Waals surface area contributed by atoms with Crippen molar-refractivity contribution in [2.45, 2.75) is 0 Å². The molecule has 114 valence electrons. The Labute approximate surface area is 136 Å². The molecule has 0 spiro atoms. The lowest BCUT2D eigenvalue weighted by Crippen LogP contribution is -2.09. The predicted octanol–water partition coefficient (Wildman–Crippen LogP) is 3.39. The van der Waals surface area contributed by atoms with Gasteiger partial charge in [0.15, 0.2) is 5.65 Å². The van der Waals surface area contributed by atoms with Crippen molar-refractivity contribution in [2.75, 3.05) is 0 Å². The number of nitrogens with one attached hydrogen (secondary N) is 1. The van der Waals surface area contributed by atoms with E-state index in [2.05, 4.69) is 39.4 Å². The number of hydrogen-bond donors (Lipinski definition) is 1. The van der Waals surface area contributed by atoms with Crippen LogP contribution >= 0.6 is 0 Å². The van der Waals surface area contributed by atoms with Gasteiger partial charge in [-0.1, -0.05) is 30.3 Å². The van der Waals surface area contributed by atoms with Crippen LogP contribution in [0.25, 0.3) is 38.3 Å². The third-order valence-electron chi connectivity index (χ3n) is 4.35. The molecule has 0 saturated carbocycles. The van der Waals surface area contributed by atoms with Gasteiger partial charge in [0.1, 0.15) is 0 Å². The molecule has 0 amide bonds. The lowest BCUT2D eigenvalue weighted by molar-refractivity contribution is 1.02. The molecule has 5 heteroatoms. The molecule has 2 aromatic carbocycles. The van der Waals surface area contributed by atoms with E-state index in [1.807, 2.05) is 30.5 Å². The molecule has 0 aliphatic carbocycles. The highest BCUT2D eigenvalue weighted by atomic mass is 16.1. The largest absolute Gasteiger partial charge is 0.347 e. The number of aromatic nitrogens is 4. The monoisotopic (exact) mass is 312 g/mol. The van der Waals surface area contributed by atoms with E-state index < -0.39 is 0 Å². The van der Waals surface area contributed by atoms with E-state index in [0.29, 0.717) is 5.65 Å². The summed E-state index contributed by atoms with van der Waals surface area (Å²) in [7, 11) is 0. The summed E-state index contributed by atoms with van der Waals surface area (Å²) in [6.07, 6.45) is 5.37. The van der Waals surface area contributed by atoms with E-state index in [4.69, 9.17) is 0 Å². The summed E-state index contributed by atoms with van der Waals surface area (Å²) in [5, 5.41) is 11.0. The quantitative estimate of drug-likeness (QED) is 0.483. The Morgan fingerprint density at radius 1 is 0.958 bits per heavy atom. The van der Waals surface area contributed by atoms with E-state index in [0.717, 1.165) is 32.7 Å². The molecule has 1 N–H and O–H groups in total. The first-order chi connectivity index (χ1) is 11.8. The molecule has 5 aromatic rings. The first-order valence-electron chi connectivity index (χ1n) is 7.64. The van der Waals surface area contributed by atoms with Crippen molar-refractivity contribution >= 4 is 27.2 Å². The molecule has 3 aromatic heterocycles. The number of nitrogens with zero attached hydrogens (tertiary/aromatic N) is 3. The van der Waals surface area contributed by atoms with Crippen molar-refractivity contribution in [3.05, 3.63) is 77.6 Å². The zero-order valence-electron chi connectivity index (χ0n) is 12.6. The van der Waals surface area contributed by atoms with E-state index in [1.165, 1.54) is 0 Å². The lowest BCUT2D eigenvalue weighted by atomic mass is 9.98. The maximum absolute atomic E-state index is 12.1. The van der Waals surface area contributed by atoms with Crippen LogP contribution in [0.2, 0.25) is 0 Å². The van der Waals surface area contributed by atoms with Gasteiger partial charge in [0.2, 0.25) is 0 Å². The molecule has 0 aliphatic rings. The van der Waals surface area contributed by atoms with E-state index in [1.54, 1.807) is 16.8 Å². The number of H-pyrrole nitrogens is 1. The molecule has 0 atom stereocenters. The molecule has 0 bridgehead atoms. The van der Waals surface area contributed by atoms with Crippen LogP contribution < -0.4 is 5.69 Å².